The maximum Gasteiger partial charge on any atom is 0.330 e. The van der Waals surface area contributed by atoms with Crippen LogP contribution in [-0.4, -0.2) is 16.8 Å². The molecule has 16 heavy (non-hydrogen) atoms. The van der Waals surface area contributed by atoms with Crippen molar-refractivity contribution >= 4 is 21.8 Å². The fourth-order valence-electron chi connectivity index (χ4n) is 0.901. The van der Waals surface area contributed by atoms with Crippen molar-refractivity contribution in [3.8, 4) is 0 Å². The highest BCUT2D eigenvalue weighted by Crippen LogP contribution is 2.20. The lowest BCUT2D eigenvalue weighted by molar-refractivity contribution is -0.0417. The molecule has 0 spiro atoms. The lowest BCUT2D eigenvalue weighted by atomic mass is 10.2. The van der Waals surface area contributed by atoms with Crippen molar-refractivity contribution in [3.63, 3.8) is 0 Å². The lowest BCUT2D eigenvalue weighted by Crippen LogP contribution is -2.52. The van der Waals surface area contributed by atoms with Crippen molar-refractivity contribution in [2.45, 2.75) is 17.8 Å². The van der Waals surface area contributed by atoms with Crippen LogP contribution in [0.15, 0.2) is 30.3 Å². The predicted molar refractivity (Wildman–Crippen MR) is 60.4 cm³/mol. The van der Waals surface area contributed by atoms with Gasteiger partial charge in [0.05, 0.1) is 4.83 Å². The van der Waals surface area contributed by atoms with Gasteiger partial charge < -0.3 is 0 Å². The molecule has 0 bridgehead atoms. The minimum atomic E-state index is -3.20. The van der Waals surface area contributed by atoms with E-state index in [9.17, 15) is 13.6 Å². The van der Waals surface area contributed by atoms with Crippen molar-refractivity contribution in [2.24, 2.45) is 0 Å². The average Bonchev–Trinajstić information content (AvgIpc) is 2.27. The number of alkyl halides is 3. The molecule has 1 rings (SSSR count). The van der Waals surface area contributed by atoms with Gasteiger partial charge in [-0.1, -0.05) is 34.1 Å². The zero-order chi connectivity index (χ0) is 12.2. The molecule has 1 aromatic rings. The van der Waals surface area contributed by atoms with Crippen LogP contribution in [0.2, 0.25) is 0 Å². The highest BCUT2D eigenvalue weighted by molar-refractivity contribution is 9.09. The van der Waals surface area contributed by atoms with Crippen molar-refractivity contribution in [1.29, 1.82) is 0 Å². The van der Waals surface area contributed by atoms with Gasteiger partial charge in [0.15, 0.2) is 0 Å². The Kier molecular flexibility index (Phi) is 4.37. The maximum atomic E-state index is 13.0. The fourth-order valence-corrected chi connectivity index (χ4v) is 1.02. The topological polar surface area (TPSA) is 41.1 Å². The second kappa shape index (κ2) is 5.36. The van der Waals surface area contributed by atoms with Gasteiger partial charge in [-0.2, -0.15) is 14.2 Å². The maximum absolute atomic E-state index is 13.0. The summed E-state index contributed by atoms with van der Waals surface area (Å²) >= 11 is 2.74. The van der Waals surface area contributed by atoms with E-state index < -0.39 is 16.8 Å². The number of nitrogens with one attached hydrogen (secondary N) is 2. The average molecular weight is 293 g/mol. The number of halogens is 3. The smallest absolute Gasteiger partial charge is 0.282 e. The molecule has 0 radical (unpaired) electrons. The molecule has 0 aliphatic rings. The van der Waals surface area contributed by atoms with Crippen molar-refractivity contribution in [3.05, 3.63) is 35.9 Å². The first kappa shape index (κ1) is 13.1. The number of carbonyl (C=O) groups is 1. The van der Waals surface area contributed by atoms with Crippen LogP contribution >= 0.6 is 15.9 Å². The van der Waals surface area contributed by atoms with Crippen LogP contribution < -0.4 is 10.9 Å². The largest absolute Gasteiger partial charge is 0.330 e. The van der Waals surface area contributed by atoms with E-state index in [4.69, 9.17) is 0 Å². The number of hydrazine groups is 1. The summed E-state index contributed by atoms with van der Waals surface area (Å²) in [5, 5.41) is 0. The molecule has 0 aromatic heterocycles. The van der Waals surface area contributed by atoms with Crippen molar-refractivity contribution in [1.82, 2.24) is 10.9 Å². The Morgan fingerprint density at radius 1 is 1.38 bits per heavy atom. The van der Waals surface area contributed by atoms with Gasteiger partial charge in [-0.15, -0.1) is 0 Å². The van der Waals surface area contributed by atoms with Gasteiger partial charge in [-0.25, -0.2) is 0 Å². The van der Waals surface area contributed by atoms with E-state index in [1.54, 1.807) is 23.6 Å². The van der Waals surface area contributed by atoms with Crippen LogP contribution in [0.4, 0.5) is 8.78 Å². The molecular weight excluding hydrogens is 282 g/mol. The van der Waals surface area contributed by atoms with Gasteiger partial charge in [0, 0.05) is 5.56 Å². The number of hydrogen-bond acceptors (Lipinski definition) is 2. The van der Waals surface area contributed by atoms with Crippen LogP contribution in [0.1, 0.15) is 17.3 Å². The fraction of sp³-hybridized carbons (Fsp3) is 0.300. The van der Waals surface area contributed by atoms with Gasteiger partial charge in [0.1, 0.15) is 0 Å². The molecule has 0 saturated heterocycles. The molecule has 0 aliphatic heterocycles. The van der Waals surface area contributed by atoms with E-state index in [1.807, 2.05) is 5.43 Å². The monoisotopic (exact) mass is 292 g/mol. The second-order valence-corrected chi connectivity index (χ2v) is 4.56. The summed E-state index contributed by atoms with van der Waals surface area (Å²) in [4.78, 5) is 10.3. The molecule has 1 aromatic carbocycles. The van der Waals surface area contributed by atoms with Gasteiger partial charge in [-0.05, 0) is 19.1 Å². The number of hydrogen-bond donors (Lipinski definition) is 2. The summed E-state index contributed by atoms with van der Waals surface area (Å²) in [7, 11) is 0. The molecule has 88 valence electrons. The molecule has 0 aliphatic carbocycles. The zero-order valence-electron chi connectivity index (χ0n) is 8.51. The van der Waals surface area contributed by atoms with E-state index in [0.717, 1.165) is 0 Å². The summed E-state index contributed by atoms with van der Waals surface area (Å²) in [5.74, 6) is -0.603. The number of rotatable bonds is 4. The highest BCUT2D eigenvalue weighted by atomic mass is 79.9. The Morgan fingerprint density at radius 3 is 2.44 bits per heavy atom. The quantitative estimate of drug-likeness (QED) is 0.508. The van der Waals surface area contributed by atoms with Crippen molar-refractivity contribution in [2.75, 3.05) is 0 Å². The molecule has 2 N–H and O–H groups in total. The summed E-state index contributed by atoms with van der Waals surface area (Å²) in [6.07, 6.45) is 0. The van der Waals surface area contributed by atoms with Gasteiger partial charge in [0.25, 0.3) is 5.91 Å². The zero-order valence-corrected chi connectivity index (χ0v) is 10.1. The van der Waals surface area contributed by atoms with Crippen LogP contribution in [-0.2, 0) is 0 Å². The van der Waals surface area contributed by atoms with Crippen molar-refractivity contribution < 1.29 is 13.6 Å². The Balaban J connectivity index is 2.54. The standard InChI is InChI=1S/C10H11BrF2N2O/c1-7(11)10(12,13)15-14-9(16)8-5-3-2-4-6-8/h2-7,15H,1H3,(H,14,16). The second-order valence-electron chi connectivity index (χ2n) is 3.18. The molecule has 3 nitrogen and oxygen atoms in total. The first-order valence-electron chi connectivity index (χ1n) is 4.58. The normalized spacial score (nSPS) is 13.2. The van der Waals surface area contributed by atoms with Crippen LogP contribution in [0.5, 0.6) is 0 Å². The SMILES string of the molecule is CC(Br)C(F)(F)NNC(=O)c1ccccc1. The Hall–Kier alpha value is -1.01. The minimum absolute atomic E-state index is 0.313. The van der Waals surface area contributed by atoms with Crippen LogP contribution in [0, 0.1) is 0 Å². The first-order chi connectivity index (χ1) is 7.43. The molecule has 6 heteroatoms. The molecule has 0 saturated carbocycles. The third kappa shape index (κ3) is 3.53. The van der Waals surface area contributed by atoms with Gasteiger partial charge >= 0.3 is 6.05 Å². The first-order valence-corrected chi connectivity index (χ1v) is 5.49. The summed E-state index contributed by atoms with van der Waals surface area (Å²) < 4.78 is 26.1. The predicted octanol–water partition coefficient (Wildman–Crippen LogP) is 2.30. The number of benzene rings is 1. The summed E-state index contributed by atoms with van der Waals surface area (Å²) in [6.45, 7) is 1.28. The number of amides is 1. The lowest BCUT2D eigenvalue weighted by Gasteiger charge is -2.20. The van der Waals surface area contributed by atoms with Gasteiger partial charge in [0.2, 0.25) is 0 Å². The van der Waals surface area contributed by atoms with E-state index in [-0.39, 0.29) is 0 Å². The third-order valence-corrected chi connectivity index (χ3v) is 2.45. The molecular formula is C10H11BrF2N2O. The minimum Gasteiger partial charge on any atom is -0.282 e. The Labute approximate surface area is 100 Å². The molecule has 1 amide bonds. The van der Waals surface area contributed by atoms with E-state index >= 15 is 0 Å². The Morgan fingerprint density at radius 2 is 1.94 bits per heavy atom. The molecule has 1 atom stereocenters. The van der Waals surface area contributed by atoms with E-state index in [0.29, 0.717) is 5.56 Å². The third-order valence-electron chi connectivity index (χ3n) is 1.88. The van der Waals surface area contributed by atoms with Crippen LogP contribution in [0.3, 0.4) is 0 Å². The molecule has 1 unspecified atom stereocenters. The van der Waals surface area contributed by atoms with E-state index in [2.05, 4.69) is 15.9 Å². The molecule has 0 fully saturated rings. The van der Waals surface area contributed by atoms with E-state index in [1.165, 1.54) is 19.1 Å². The molecule has 0 heterocycles. The van der Waals surface area contributed by atoms with Crippen LogP contribution in [0.25, 0.3) is 0 Å². The summed E-state index contributed by atoms with van der Waals surface area (Å²) in [5.41, 5.74) is 3.94. The van der Waals surface area contributed by atoms with Gasteiger partial charge in [-0.3, -0.25) is 10.2 Å². The number of carbonyl (C=O) groups excluding carboxylic acids is 1. The summed E-state index contributed by atoms with van der Waals surface area (Å²) in [6, 6.07) is 4.91. The highest BCUT2D eigenvalue weighted by Gasteiger charge is 2.34. The Bertz CT molecular complexity index is 357.